The van der Waals surface area contributed by atoms with Gasteiger partial charge in [0.05, 0.1) is 11.0 Å². The van der Waals surface area contributed by atoms with Gasteiger partial charge in [-0.1, -0.05) is 13.0 Å². The molecule has 2 aromatic heterocycles. The predicted molar refractivity (Wildman–Crippen MR) is 104 cm³/mol. The highest BCUT2D eigenvalue weighted by atomic mass is 15.3. The molecule has 0 aliphatic carbocycles. The molecule has 0 saturated carbocycles. The highest BCUT2D eigenvalue weighted by Gasteiger charge is 2.17. The molecule has 3 aromatic rings. The Morgan fingerprint density at radius 3 is 2.56 bits per heavy atom. The molecule has 128 valence electrons. The first kappa shape index (κ1) is 16.0. The summed E-state index contributed by atoms with van der Waals surface area (Å²) >= 11 is 0. The van der Waals surface area contributed by atoms with Crippen molar-refractivity contribution in [2.24, 2.45) is 0 Å². The lowest BCUT2D eigenvalue weighted by Gasteiger charge is -2.36. The highest BCUT2D eigenvalue weighted by molar-refractivity contribution is 5.91. The van der Waals surface area contributed by atoms with Crippen LogP contribution in [-0.4, -0.2) is 47.6 Å². The number of aryl methyl sites for hydroxylation is 1. The summed E-state index contributed by atoms with van der Waals surface area (Å²) in [4.78, 5) is 14.0. The van der Waals surface area contributed by atoms with Crippen molar-refractivity contribution in [1.29, 1.82) is 0 Å². The number of anilines is 1. The van der Waals surface area contributed by atoms with Crippen molar-refractivity contribution in [3.05, 3.63) is 54.4 Å². The third-order valence-corrected chi connectivity index (χ3v) is 5.16. The van der Waals surface area contributed by atoms with E-state index in [1.807, 2.05) is 24.5 Å². The molecular formula is C21H24N4. The van der Waals surface area contributed by atoms with Crippen LogP contribution in [0.5, 0.6) is 0 Å². The summed E-state index contributed by atoms with van der Waals surface area (Å²) in [6.07, 6.45) is 3.70. The van der Waals surface area contributed by atoms with Crippen molar-refractivity contribution in [2.45, 2.75) is 13.8 Å². The quantitative estimate of drug-likeness (QED) is 0.731. The van der Waals surface area contributed by atoms with Crippen molar-refractivity contribution < 1.29 is 0 Å². The summed E-state index contributed by atoms with van der Waals surface area (Å²) in [6, 6.07) is 12.8. The Morgan fingerprint density at radius 1 is 0.960 bits per heavy atom. The molecule has 3 heterocycles. The maximum Gasteiger partial charge on any atom is 0.0964 e. The van der Waals surface area contributed by atoms with Crippen molar-refractivity contribution in [1.82, 2.24) is 14.9 Å². The first-order valence-corrected chi connectivity index (χ1v) is 9.04. The Labute approximate surface area is 149 Å². The van der Waals surface area contributed by atoms with Crippen LogP contribution in [0.2, 0.25) is 0 Å². The van der Waals surface area contributed by atoms with Crippen molar-refractivity contribution in [3.63, 3.8) is 0 Å². The van der Waals surface area contributed by atoms with E-state index in [2.05, 4.69) is 57.9 Å². The number of hydrogen-bond donors (Lipinski definition) is 0. The van der Waals surface area contributed by atoms with Gasteiger partial charge < -0.3 is 9.80 Å². The molecule has 0 amide bonds. The van der Waals surface area contributed by atoms with Crippen molar-refractivity contribution in [2.75, 3.05) is 37.6 Å². The lowest BCUT2D eigenvalue weighted by atomic mass is 10.0. The normalized spacial score (nSPS) is 15.7. The van der Waals surface area contributed by atoms with Crippen LogP contribution >= 0.6 is 0 Å². The summed E-state index contributed by atoms with van der Waals surface area (Å²) in [5.74, 6) is 0. The van der Waals surface area contributed by atoms with E-state index >= 15 is 0 Å². The van der Waals surface area contributed by atoms with Gasteiger partial charge in [-0.05, 0) is 54.9 Å². The second-order valence-electron chi connectivity index (χ2n) is 6.65. The molecular weight excluding hydrogens is 308 g/mol. The number of benzene rings is 1. The monoisotopic (exact) mass is 332 g/mol. The molecule has 0 spiro atoms. The number of hydrogen-bond acceptors (Lipinski definition) is 4. The van der Waals surface area contributed by atoms with Gasteiger partial charge in [0.15, 0.2) is 0 Å². The Hall–Kier alpha value is -2.46. The van der Waals surface area contributed by atoms with Gasteiger partial charge in [-0.2, -0.15) is 0 Å². The number of piperazine rings is 1. The first-order valence-electron chi connectivity index (χ1n) is 9.04. The van der Waals surface area contributed by atoms with Gasteiger partial charge in [0.1, 0.15) is 0 Å². The molecule has 4 nitrogen and oxygen atoms in total. The number of likely N-dealkylation sites (N-methyl/N-ethyl adjacent to an activating group) is 1. The van der Waals surface area contributed by atoms with Crippen LogP contribution in [0.3, 0.4) is 0 Å². The average Bonchev–Trinajstić information content (AvgIpc) is 2.67. The molecule has 1 aliphatic rings. The molecule has 0 atom stereocenters. The van der Waals surface area contributed by atoms with Crippen LogP contribution in [0.4, 0.5) is 5.69 Å². The van der Waals surface area contributed by atoms with Crippen molar-refractivity contribution in [3.8, 4) is 11.1 Å². The van der Waals surface area contributed by atoms with Gasteiger partial charge in [-0.15, -0.1) is 0 Å². The lowest BCUT2D eigenvalue weighted by molar-refractivity contribution is 0.271. The molecule has 1 saturated heterocycles. The molecule has 0 N–H and O–H groups in total. The second-order valence-corrected chi connectivity index (χ2v) is 6.65. The molecule has 0 bridgehead atoms. The first-order chi connectivity index (χ1) is 12.3. The van der Waals surface area contributed by atoms with Gasteiger partial charge >= 0.3 is 0 Å². The zero-order valence-corrected chi connectivity index (χ0v) is 14.9. The highest BCUT2D eigenvalue weighted by Crippen LogP contribution is 2.30. The third-order valence-electron chi connectivity index (χ3n) is 5.16. The maximum absolute atomic E-state index is 4.54. The van der Waals surface area contributed by atoms with E-state index in [9.17, 15) is 0 Å². The van der Waals surface area contributed by atoms with Gasteiger partial charge in [-0.25, -0.2) is 0 Å². The van der Waals surface area contributed by atoms with Crippen LogP contribution in [0.15, 0.2) is 48.8 Å². The van der Waals surface area contributed by atoms with Gasteiger partial charge in [0.25, 0.3) is 0 Å². The fourth-order valence-corrected chi connectivity index (χ4v) is 3.70. The molecule has 4 rings (SSSR count). The fourth-order valence-electron chi connectivity index (χ4n) is 3.70. The van der Waals surface area contributed by atoms with Crippen molar-refractivity contribution >= 4 is 16.7 Å². The Morgan fingerprint density at radius 2 is 1.80 bits per heavy atom. The standard InChI is InChI=1S/C21H24N4/c1-3-24-11-13-25(14-12-24)20-7-6-17(15-16(20)2)18-8-10-22-19-5-4-9-23-21(18)19/h4-10,15H,3,11-14H2,1-2H3. The average molecular weight is 332 g/mol. The lowest BCUT2D eigenvalue weighted by Crippen LogP contribution is -2.46. The summed E-state index contributed by atoms with van der Waals surface area (Å²) in [5.41, 5.74) is 6.94. The smallest absolute Gasteiger partial charge is 0.0964 e. The van der Waals surface area contributed by atoms with Crippen LogP contribution in [-0.2, 0) is 0 Å². The van der Waals surface area contributed by atoms with E-state index in [-0.39, 0.29) is 0 Å². The molecule has 1 aromatic carbocycles. The fraction of sp³-hybridized carbons (Fsp3) is 0.333. The minimum absolute atomic E-state index is 0.942. The van der Waals surface area contributed by atoms with E-state index in [4.69, 9.17) is 0 Å². The Kier molecular flexibility index (Phi) is 4.36. The van der Waals surface area contributed by atoms with Crippen LogP contribution < -0.4 is 4.90 Å². The van der Waals surface area contributed by atoms with E-state index < -0.39 is 0 Å². The van der Waals surface area contributed by atoms with Crippen LogP contribution in [0, 0.1) is 6.92 Å². The summed E-state index contributed by atoms with van der Waals surface area (Å²) in [7, 11) is 0. The minimum atomic E-state index is 0.942. The SMILES string of the molecule is CCN1CCN(c2ccc(-c3ccnc4cccnc34)cc2C)CC1. The van der Waals surface area contributed by atoms with E-state index in [1.165, 1.54) is 16.8 Å². The van der Waals surface area contributed by atoms with Crippen LogP contribution in [0.25, 0.3) is 22.2 Å². The largest absolute Gasteiger partial charge is 0.369 e. The van der Waals surface area contributed by atoms with Gasteiger partial charge in [0.2, 0.25) is 0 Å². The zero-order valence-electron chi connectivity index (χ0n) is 14.9. The topological polar surface area (TPSA) is 32.3 Å². The molecule has 0 unspecified atom stereocenters. The second kappa shape index (κ2) is 6.81. The van der Waals surface area contributed by atoms with Crippen LogP contribution in [0.1, 0.15) is 12.5 Å². The summed E-state index contributed by atoms with van der Waals surface area (Å²) < 4.78 is 0. The minimum Gasteiger partial charge on any atom is -0.369 e. The zero-order chi connectivity index (χ0) is 17.2. The predicted octanol–water partition coefficient (Wildman–Crippen LogP) is 3.75. The Bertz CT molecular complexity index is 877. The third kappa shape index (κ3) is 3.10. The summed E-state index contributed by atoms with van der Waals surface area (Å²) in [5, 5.41) is 0. The summed E-state index contributed by atoms with van der Waals surface area (Å²) in [6.45, 7) is 10.1. The Balaban J connectivity index is 1.66. The number of aromatic nitrogens is 2. The number of pyridine rings is 2. The molecule has 25 heavy (non-hydrogen) atoms. The number of fused-ring (bicyclic) bond motifs is 1. The van der Waals surface area contributed by atoms with E-state index in [1.54, 1.807) is 0 Å². The number of rotatable bonds is 3. The molecule has 0 radical (unpaired) electrons. The molecule has 1 aliphatic heterocycles. The van der Waals surface area contributed by atoms with Gasteiger partial charge in [-0.3, -0.25) is 9.97 Å². The number of nitrogens with zero attached hydrogens (tertiary/aromatic N) is 4. The molecule has 4 heteroatoms. The maximum atomic E-state index is 4.54. The van der Waals surface area contributed by atoms with E-state index in [0.717, 1.165) is 49.3 Å². The van der Waals surface area contributed by atoms with Gasteiger partial charge in [0, 0.05) is 49.8 Å². The van der Waals surface area contributed by atoms with E-state index in [0.29, 0.717) is 0 Å². The molecule has 1 fully saturated rings.